The molecule has 6 aromatic carbocycles. The zero-order chi connectivity index (χ0) is 27.8. The Balaban J connectivity index is 1.31. The molecule has 0 fully saturated rings. The first kappa shape index (κ1) is 24.9. The lowest BCUT2D eigenvalue weighted by atomic mass is 10.1. The van der Waals surface area contributed by atoms with Gasteiger partial charge in [0, 0.05) is 48.6 Å². The second-order valence-corrected chi connectivity index (χ2v) is 11.2. The molecule has 0 amide bonds. The monoisotopic (exact) mass is 544 g/mol. The van der Waals surface area contributed by atoms with Gasteiger partial charge in [0.25, 0.3) is 0 Å². The van der Waals surface area contributed by atoms with Crippen LogP contribution in [0.4, 0.5) is 28.4 Å². The van der Waals surface area contributed by atoms with E-state index < -0.39 is 0 Å². The number of hydrogen-bond donors (Lipinski definition) is 1. The zero-order valence-corrected chi connectivity index (χ0v) is 23.4. The Morgan fingerprint density at radius 2 is 1.15 bits per heavy atom. The summed E-state index contributed by atoms with van der Waals surface area (Å²) in [6, 6.07) is 45.5. The van der Waals surface area contributed by atoms with Gasteiger partial charge in [0.2, 0.25) is 0 Å². The van der Waals surface area contributed by atoms with Gasteiger partial charge in [-0.25, -0.2) is 0 Å². The first-order valence-corrected chi connectivity index (χ1v) is 14.5. The molecule has 0 aliphatic carbocycles. The van der Waals surface area contributed by atoms with Gasteiger partial charge in [0.1, 0.15) is 0 Å². The van der Waals surface area contributed by atoms with E-state index in [-0.39, 0.29) is 0 Å². The summed E-state index contributed by atoms with van der Waals surface area (Å²) in [4.78, 5) is 2.34. The topological polar surface area (TPSA) is 15.3 Å². The minimum absolute atomic E-state index is 1.06. The van der Waals surface area contributed by atoms with Crippen LogP contribution in [0.5, 0.6) is 0 Å². The molecule has 7 aromatic rings. The number of rotatable bonds is 7. The third kappa shape index (κ3) is 4.77. The molecule has 2 nitrogen and oxygen atoms in total. The van der Waals surface area contributed by atoms with Crippen LogP contribution >= 0.6 is 11.3 Å². The van der Waals surface area contributed by atoms with Crippen LogP contribution in [0.3, 0.4) is 0 Å². The van der Waals surface area contributed by atoms with Crippen molar-refractivity contribution >= 4 is 82.9 Å². The number of hydrogen-bond acceptors (Lipinski definition) is 3. The zero-order valence-electron chi connectivity index (χ0n) is 22.5. The lowest BCUT2D eigenvalue weighted by Gasteiger charge is -2.26. The molecule has 196 valence electrons. The van der Waals surface area contributed by atoms with Crippen molar-refractivity contribution in [1.29, 1.82) is 0 Å². The molecule has 0 saturated carbocycles. The Kier molecular flexibility index (Phi) is 6.35. The molecule has 1 aromatic heterocycles. The molecule has 0 radical (unpaired) electrons. The molecule has 0 atom stereocenters. The molecule has 41 heavy (non-hydrogen) atoms. The smallest absolute Gasteiger partial charge is 0.0468 e. The standard InChI is InChI=1S/C38H28N2S/c1-3-26-9-14-30(15-10-26)39-31-16-21-35-36-25-34(20-22-37(36)41-38(35)24-31)40(32-17-11-27(4-2)12-18-32)33-19-13-28-7-5-6-8-29(28)23-33/h3-25,39H,1-2H2. The van der Waals surface area contributed by atoms with Crippen LogP contribution in [0.15, 0.2) is 141 Å². The maximum absolute atomic E-state index is 3.93. The van der Waals surface area contributed by atoms with Crippen LogP contribution in [0.2, 0.25) is 0 Å². The maximum atomic E-state index is 3.93. The number of anilines is 5. The quantitative estimate of drug-likeness (QED) is 0.215. The summed E-state index contributed by atoms with van der Waals surface area (Å²) in [6.07, 6.45) is 3.74. The minimum atomic E-state index is 1.06. The van der Waals surface area contributed by atoms with Crippen molar-refractivity contribution in [3.05, 3.63) is 152 Å². The lowest BCUT2D eigenvalue weighted by molar-refractivity contribution is 1.29. The van der Waals surface area contributed by atoms with Gasteiger partial charge in [-0.05, 0) is 88.6 Å². The fourth-order valence-corrected chi connectivity index (χ4v) is 6.50. The van der Waals surface area contributed by atoms with Crippen LogP contribution in [0, 0.1) is 0 Å². The lowest BCUT2D eigenvalue weighted by Crippen LogP contribution is -2.09. The Bertz CT molecular complexity index is 2050. The highest BCUT2D eigenvalue weighted by Crippen LogP contribution is 2.42. The van der Waals surface area contributed by atoms with Crippen molar-refractivity contribution < 1.29 is 0 Å². The molecular weight excluding hydrogens is 516 g/mol. The van der Waals surface area contributed by atoms with E-state index >= 15 is 0 Å². The summed E-state index contributed by atoms with van der Waals surface area (Å²) >= 11 is 1.83. The molecule has 0 spiro atoms. The molecule has 1 heterocycles. The van der Waals surface area contributed by atoms with Crippen LogP contribution < -0.4 is 10.2 Å². The molecule has 0 saturated heterocycles. The number of benzene rings is 6. The Labute approximate surface area is 244 Å². The molecular formula is C38H28N2S. The minimum Gasteiger partial charge on any atom is -0.355 e. The summed E-state index contributed by atoms with van der Waals surface area (Å²) in [7, 11) is 0. The van der Waals surface area contributed by atoms with Crippen molar-refractivity contribution in [2.45, 2.75) is 0 Å². The predicted octanol–water partition coefficient (Wildman–Crippen LogP) is 11.7. The van der Waals surface area contributed by atoms with Gasteiger partial charge in [-0.2, -0.15) is 0 Å². The van der Waals surface area contributed by atoms with Crippen molar-refractivity contribution in [3.63, 3.8) is 0 Å². The molecule has 3 heteroatoms. The Morgan fingerprint density at radius 1 is 0.512 bits per heavy atom. The summed E-state index contributed by atoms with van der Waals surface area (Å²) in [6.45, 7) is 7.77. The molecule has 0 aliphatic rings. The highest BCUT2D eigenvalue weighted by molar-refractivity contribution is 7.25. The van der Waals surface area contributed by atoms with Crippen LogP contribution in [0.1, 0.15) is 11.1 Å². The summed E-state index contributed by atoms with van der Waals surface area (Å²) < 4.78 is 2.54. The normalized spacial score (nSPS) is 11.1. The fourth-order valence-electron chi connectivity index (χ4n) is 5.37. The summed E-state index contributed by atoms with van der Waals surface area (Å²) in [5, 5.41) is 8.53. The largest absolute Gasteiger partial charge is 0.355 e. The SMILES string of the molecule is C=Cc1ccc(Nc2ccc3c(c2)sc2ccc(N(c4ccc(C=C)cc4)c4ccc5ccccc5c4)cc23)cc1. The molecule has 7 rings (SSSR count). The van der Waals surface area contributed by atoms with Gasteiger partial charge in [0.05, 0.1) is 0 Å². The van der Waals surface area contributed by atoms with Crippen LogP contribution in [-0.4, -0.2) is 0 Å². The molecule has 0 bridgehead atoms. The van der Waals surface area contributed by atoms with Gasteiger partial charge >= 0.3 is 0 Å². The first-order valence-electron chi connectivity index (χ1n) is 13.7. The predicted molar refractivity (Wildman–Crippen MR) is 181 cm³/mol. The Hall–Kier alpha value is -5.12. The summed E-state index contributed by atoms with van der Waals surface area (Å²) in [5.41, 5.74) is 7.72. The average Bonchev–Trinajstić information content (AvgIpc) is 3.39. The van der Waals surface area contributed by atoms with Crippen molar-refractivity contribution in [2.24, 2.45) is 0 Å². The van der Waals surface area contributed by atoms with E-state index in [0.717, 1.165) is 39.6 Å². The van der Waals surface area contributed by atoms with Crippen LogP contribution in [-0.2, 0) is 0 Å². The van der Waals surface area contributed by atoms with Gasteiger partial charge in [0.15, 0.2) is 0 Å². The van der Waals surface area contributed by atoms with Gasteiger partial charge in [-0.15, -0.1) is 11.3 Å². The molecule has 0 unspecified atom stereocenters. The number of fused-ring (bicyclic) bond motifs is 4. The number of nitrogens with one attached hydrogen (secondary N) is 1. The summed E-state index contributed by atoms with van der Waals surface area (Å²) in [5.74, 6) is 0. The third-order valence-electron chi connectivity index (χ3n) is 7.53. The van der Waals surface area contributed by atoms with E-state index in [1.807, 2.05) is 23.5 Å². The second-order valence-electron chi connectivity index (χ2n) is 10.1. The highest BCUT2D eigenvalue weighted by Gasteiger charge is 2.15. The van der Waals surface area contributed by atoms with Crippen molar-refractivity contribution in [1.82, 2.24) is 0 Å². The Morgan fingerprint density at radius 3 is 1.90 bits per heavy atom. The van der Waals surface area contributed by atoms with Crippen LogP contribution in [0.25, 0.3) is 43.1 Å². The van der Waals surface area contributed by atoms with E-state index in [4.69, 9.17) is 0 Å². The van der Waals surface area contributed by atoms with Gasteiger partial charge in [-0.3, -0.25) is 0 Å². The van der Waals surface area contributed by atoms with E-state index in [9.17, 15) is 0 Å². The average molecular weight is 545 g/mol. The van der Waals surface area contributed by atoms with E-state index in [2.05, 4.69) is 151 Å². The van der Waals surface area contributed by atoms with E-state index in [0.29, 0.717) is 0 Å². The molecule has 0 aliphatic heterocycles. The fraction of sp³-hybridized carbons (Fsp3) is 0. The van der Waals surface area contributed by atoms with Crippen molar-refractivity contribution in [3.8, 4) is 0 Å². The second kappa shape index (κ2) is 10.5. The van der Waals surface area contributed by atoms with E-state index in [1.165, 1.54) is 30.9 Å². The highest BCUT2D eigenvalue weighted by atomic mass is 32.1. The van der Waals surface area contributed by atoms with Crippen molar-refractivity contribution in [2.75, 3.05) is 10.2 Å². The maximum Gasteiger partial charge on any atom is 0.0468 e. The molecule has 1 N–H and O–H groups in total. The van der Waals surface area contributed by atoms with E-state index in [1.54, 1.807) is 0 Å². The van der Waals surface area contributed by atoms with Gasteiger partial charge in [-0.1, -0.05) is 86.0 Å². The number of nitrogens with zero attached hydrogens (tertiary/aromatic N) is 1. The third-order valence-corrected chi connectivity index (χ3v) is 8.66. The van der Waals surface area contributed by atoms with Gasteiger partial charge < -0.3 is 10.2 Å². The number of thiophene rings is 1. The first-order chi connectivity index (χ1) is 20.2.